The predicted molar refractivity (Wildman–Crippen MR) is 210 cm³/mol. The third-order valence-corrected chi connectivity index (χ3v) is 11.7. The summed E-state index contributed by atoms with van der Waals surface area (Å²) in [4.78, 5) is 0. The first-order valence-electron chi connectivity index (χ1n) is 16.9. The summed E-state index contributed by atoms with van der Waals surface area (Å²) in [6.07, 6.45) is 6.84. The summed E-state index contributed by atoms with van der Waals surface area (Å²) in [6, 6.07) is 51.9. The van der Waals surface area contributed by atoms with E-state index in [1.54, 1.807) is 0 Å². The van der Waals surface area contributed by atoms with Crippen molar-refractivity contribution in [3.63, 3.8) is 0 Å². The van der Waals surface area contributed by atoms with Crippen LogP contribution in [0.1, 0.15) is 23.1 Å². The summed E-state index contributed by atoms with van der Waals surface area (Å²) < 4.78 is 2.70. The average molecular weight is 629 g/mol. The topological polar surface area (TPSA) is 0 Å². The SMILES string of the molecule is Cc1c2ccccc2c(-c2cccc3c2sc2cc(-c4c5c(c(-c6ccccc6)c6ccccc46)C=CCC5)ccc23)c2ccccc12. The van der Waals surface area contributed by atoms with Crippen LogP contribution in [0.2, 0.25) is 0 Å². The normalized spacial score (nSPS) is 12.9. The van der Waals surface area contributed by atoms with Gasteiger partial charge in [0.25, 0.3) is 0 Å². The highest BCUT2D eigenvalue weighted by Gasteiger charge is 2.23. The van der Waals surface area contributed by atoms with Crippen LogP contribution in [-0.4, -0.2) is 0 Å². The zero-order valence-corrected chi connectivity index (χ0v) is 27.6. The maximum atomic E-state index is 2.47. The Balaban J connectivity index is 1.24. The first kappa shape index (κ1) is 27.6. The van der Waals surface area contributed by atoms with Gasteiger partial charge in [-0.15, -0.1) is 11.3 Å². The van der Waals surface area contributed by atoms with Gasteiger partial charge in [0.05, 0.1) is 0 Å². The van der Waals surface area contributed by atoms with E-state index >= 15 is 0 Å². The molecule has 1 aliphatic rings. The van der Waals surface area contributed by atoms with Crippen LogP contribution in [0.4, 0.5) is 0 Å². The van der Waals surface area contributed by atoms with Crippen LogP contribution in [0, 0.1) is 6.92 Å². The molecule has 1 heteroatoms. The Morgan fingerprint density at radius 1 is 0.479 bits per heavy atom. The molecule has 9 aromatic rings. The summed E-state index contributed by atoms with van der Waals surface area (Å²) in [5.74, 6) is 0. The summed E-state index contributed by atoms with van der Waals surface area (Å²) in [7, 11) is 0. The lowest BCUT2D eigenvalue weighted by molar-refractivity contribution is 0.991. The lowest BCUT2D eigenvalue weighted by Gasteiger charge is -2.23. The number of fused-ring (bicyclic) bond motifs is 7. The van der Waals surface area contributed by atoms with Gasteiger partial charge < -0.3 is 0 Å². The Labute approximate surface area is 284 Å². The zero-order valence-electron chi connectivity index (χ0n) is 26.8. The second-order valence-corrected chi connectivity index (χ2v) is 14.1. The van der Waals surface area contributed by atoms with Gasteiger partial charge in [-0.3, -0.25) is 0 Å². The van der Waals surface area contributed by atoms with Gasteiger partial charge in [-0.2, -0.15) is 0 Å². The number of allylic oxidation sites excluding steroid dienone is 1. The molecular formula is C47H32S. The number of thiophene rings is 1. The van der Waals surface area contributed by atoms with E-state index in [2.05, 4.69) is 159 Å². The van der Waals surface area contributed by atoms with Crippen LogP contribution in [0.3, 0.4) is 0 Å². The van der Waals surface area contributed by atoms with Crippen LogP contribution in [0.15, 0.2) is 146 Å². The first-order valence-corrected chi connectivity index (χ1v) is 17.7. The molecule has 48 heavy (non-hydrogen) atoms. The van der Waals surface area contributed by atoms with Gasteiger partial charge in [0.15, 0.2) is 0 Å². The van der Waals surface area contributed by atoms with Crippen molar-refractivity contribution < 1.29 is 0 Å². The molecule has 0 atom stereocenters. The van der Waals surface area contributed by atoms with E-state index in [-0.39, 0.29) is 0 Å². The van der Waals surface area contributed by atoms with Crippen molar-refractivity contribution in [1.82, 2.24) is 0 Å². The molecular weight excluding hydrogens is 597 g/mol. The second-order valence-electron chi connectivity index (χ2n) is 13.1. The van der Waals surface area contributed by atoms with Crippen molar-refractivity contribution in [3.05, 3.63) is 162 Å². The monoisotopic (exact) mass is 628 g/mol. The fourth-order valence-electron chi connectivity index (χ4n) is 8.42. The largest absolute Gasteiger partial charge is 0.135 e. The van der Waals surface area contributed by atoms with E-state index < -0.39 is 0 Å². The van der Waals surface area contributed by atoms with Crippen molar-refractivity contribution in [2.45, 2.75) is 19.8 Å². The minimum atomic E-state index is 1.05. The van der Waals surface area contributed by atoms with Crippen LogP contribution in [0.25, 0.3) is 91.9 Å². The Morgan fingerprint density at radius 3 is 1.79 bits per heavy atom. The van der Waals surface area contributed by atoms with E-state index in [1.165, 1.54) is 103 Å². The molecule has 0 unspecified atom stereocenters. The van der Waals surface area contributed by atoms with Crippen molar-refractivity contribution >= 4 is 69.9 Å². The molecule has 0 saturated carbocycles. The molecule has 0 fully saturated rings. The smallest absolute Gasteiger partial charge is 0.0434 e. The van der Waals surface area contributed by atoms with Crippen molar-refractivity contribution in [1.29, 1.82) is 0 Å². The predicted octanol–water partition coefficient (Wildman–Crippen LogP) is 13.8. The quantitative estimate of drug-likeness (QED) is 0.171. The van der Waals surface area contributed by atoms with Gasteiger partial charge in [-0.1, -0.05) is 146 Å². The van der Waals surface area contributed by atoms with Crippen molar-refractivity contribution in [2.24, 2.45) is 0 Å². The Hall–Kier alpha value is -5.50. The Kier molecular flexibility index (Phi) is 6.19. The molecule has 0 N–H and O–H groups in total. The van der Waals surface area contributed by atoms with Gasteiger partial charge in [0.2, 0.25) is 0 Å². The number of hydrogen-bond acceptors (Lipinski definition) is 1. The van der Waals surface area contributed by atoms with Gasteiger partial charge in [-0.25, -0.2) is 0 Å². The van der Waals surface area contributed by atoms with Crippen LogP contribution >= 0.6 is 11.3 Å². The third-order valence-electron chi connectivity index (χ3n) is 10.5. The summed E-state index contributed by atoms with van der Waals surface area (Å²) in [5.41, 5.74) is 12.2. The highest BCUT2D eigenvalue weighted by Crippen LogP contribution is 2.48. The Morgan fingerprint density at radius 2 is 1.08 bits per heavy atom. The molecule has 1 aliphatic carbocycles. The molecule has 0 amide bonds. The van der Waals surface area contributed by atoms with Gasteiger partial charge >= 0.3 is 0 Å². The molecule has 0 spiro atoms. The lowest BCUT2D eigenvalue weighted by Crippen LogP contribution is -2.02. The number of rotatable bonds is 3. The fourth-order valence-corrected chi connectivity index (χ4v) is 9.68. The lowest BCUT2D eigenvalue weighted by atomic mass is 9.80. The van der Waals surface area contributed by atoms with Crippen molar-refractivity contribution in [3.8, 4) is 33.4 Å². The highest BCUT2D eigenvalue weighted by molar-refractivity contribution is 7.26. The number of hydrogen-bond donors (Lipinski definition) is 0. The van der Waals surface area contributed by atoms with E-state index in [0.717, 1.165) is 12.8 Å². The van der Waals surface area contributed by atoms with Gasteiger partial charge in [-0.05, 0) is 103 Å². The van der Waals surface area contributed by atoms with E-state index in [4.69, 9.17) is 0 Å². The molecule has 0 saturated heterocycles. The molecule has 1 aromatic heterocycles. The molecule has 10 rings (SSSR count). The van der Waals surface area contributed by atoms with E-state index in [9.17, 15) is 0 Å². The minimum absolute atomic E-state index is 1.05. The Bertz CT molecular complexity index is 2720. The van der Waals surface area contributed by atoms with E-state index in [0.29, 0.717) is 0 Å². The maximum absolute atomic E-state index is 2.47. The third kappa shape index (κ3) is 4.01. The molecule has 0 bridgehead atoms. The highest BCUT2D eigenvalue weighted by atomic mass is 32.1. The molecule has 0 aliphatic heterocycles. The molecule has 1 heterocycles. The van der Waals surface area contributed by atoms with Crippen LogP contribution in [-0.2, 0) is 6.42 Å². The molecule has 226 valence electrons. The van der Waals surface area contributed by atoms with Crippen molar-refractivity contribution in [2.75, 3.05) is 0 Å². The standard InChI is InChI=1S/C47H32S/c1-29-32-16-5-7-18-35(32)46(36-19-8-6-17-33(29)36)42-25-13-24-41-34-27-26-31(28-43(34)48-47(41)42)45-39-22-11-9-20-37(39)44(30-14-3-2-4-15-30)38-21-10-12-23-40(38)45/h2-11,13-22,24-28H,12,23H2,1H3. The number of aryl methyl sites for hydroxylation is 1. The molecule has 0 radical (unpaired) electrons. The maximum Gasteiger partial charge on any atom is 0.0434 e. The summed E-state index contributed by atoms with van der Waals surface area (Å²) >= 11 is 1.94. The first-order chi connectivity index (χ1) is 23.8. The van der Waals surface area contributed by atoms with E-state index in [1.807, 2.05) is 11.3 Å². The minimum Gasteiger partial charge on any atom is -0.135 e. The summed E-state index contributed by atoms with van der Waals surface area (Å²) in [5, 5.41) is 10.6. The van der Waals surface area contributed by atoms with Gasteiger partial charge in [0.1, 0.15) is 0 Å². The summed E-state index contributed by atoms with van der Waals surface area (Å²) in [6.45, 7) is 2.26. The average Bonchev–Trinajstić information content (AvgIpc) is 3.53. The molecule has 0 nitrogen and oxygen atoms in total. The second kappa shape index (κ2) is 10.8. The van der Waals surface area contributed by atoms with Gasteiger partial charge in [0, 0.05) is 25.7 Å². The fraction of sp³-hybridized carbons (Fsp3) is 0.0638. The zero-order chi connectivity index (χ0) is 31.8. The molecule has 8 aromatic carbocycles. The number of benzene rings is 8. The van der Waals surface area contributed by atoms with Crippen LogP contribution < -0.4 is 0 Å². The van der Waals surface area contributed by atoms with Crippen LogP contribution in [0.5, 0.6) is 0 Å².